The van der Waals surface area contributed by atoms with Crippen LogP contribution in [-0.2, 0) is 0 Å². The van der Waals surface area contributed by atoms with Crippen molar-refractivity contribution < 1.29 is 10.0 Å². The van der Waals surface area contributed by atoms with E-state index in [0.717, 1.165) is 15.8 Å². The monoisotopic (exact) mass is 289 g/mol. The van der Waals surface area contributed by atoms with Gasteiger partial charge < -0.3 is 0 Å². The van der Waals surface area contributed by atoms with Gasteiger partial charge in [-0.3, -0.25) is 10.0 Å². The van der Waals surface area contributed by atoms with Crippen LogP contribution in [0.15, 0.2) is 85.1 Å². The zero-order chi connectivity index (χ0) is 15.4. The summed E-state index contributed by atoms with van der Waals surface area (Å²) < 4.78 is 0. The predicted octanol–water partition coefficient (Wildman–Crippen LogP) is 4.43. The molecular weight excluding hydrogens is 274 g/mol. The van der Waals surface area contributed by atoms with Crippen LogP contribution < -0.4 is 5.06 Å². The van der Waals surface area contributed by atoms with Gasteiger partial charge in [0.2, 0.25) is 0 Å². The standard InChI is InChI=1S/C19H15NO2/c21-19(12-13-20(22)18-8-2-1-3-9-18)17-11-10-15-6-4-5-7-16(15)14-17/h1-14,22H/b13-12-. The van der Waals surface area contributed by atoms with E-state index in [4.69, 9.17) is 0 Å². The van der Waals surface area contributed by atoms with Crippen molar-refractivity contribution in [2.75, 3.05) is 5.06 Å². The molecule has 3 aromatic carbocycles. The maximum atomic E-state index is 12.2. The molecule has 0 aliphatic carbocycles. The molecule has 3 aromatic rings. The lowest BCUT2D eigenvalue weighted by Crippen LogP contribution is -2.09. The molecule has 0 aliphatic rings. The van der Waals surface area contributed by atoms with Crippen molar-refractivity contribution in [2.45, 2.75) is 0 Å². The van der Waals surface area contributed by atoms with Gasteiger partial charge in [0.25, 0.3) is 0 Å². The number of hydrogen-bond acceptors (Lipinski definition) is 3. The van der Waals surface area contributed by atoms with Crippen molar-refractivity contribution in [3.8, 4) is 0 Å². The molecule has 3 heteroatoms. The summed E-state index contributed by atoms with van der Waals surface area (Å²) in [4.78, 5) is 12.2. The fraction of sp³-hybridized carbons (Fsp3) is 0. The van der Waals surface area contributed by atoms with Crippen molar-refractivity contribution >= 4 is 22.2 Å². The van der Waals surface area contributed by atoms with E-state index in [0.29, 0.717) is 11.3 Å². The number of benzene rings is 3. The van der Waals surface area contributed by atoms with E-state index < -0.39 is 0 Å². The van der Waals surface area contributed by atoms with E-state index in [1.807, 2.05) is 54.6 Å². The van der Waals surface area contributed by atoms with Gasteiger partial charge in [0.1, 0.15) is 0 Å². The smallest absolute Gasteiger partial charge is 0.187 e. The number of nitrogens with zero attached hydrogens (tertiary/aromatic N) is 1. The summed E-state index contributed by atoms with van der Waals surface area (Å²) in [5.41, 5.74) is 1.20. The topological polar surface area (TPSA) is 40.5 Å². The van der Waals surface area contributed by atoms with Crippen molar-refractivity contribution in [3.63, 3.8) is 0 Å². The van der Waals surface area contributed by atoms with E-state index >= 15 is 0 Å². The normalized spacial score (nSPS) is 11.0. The molecule has 0 radical (unpaired) electrons. The maximum Gasteiger partial charge on any atom is 0.187 e. The molecule has 0 atom stereocenters. The molecule has 0 fully saturated rings. The van der Waals surface area contributed by atoms with Crippen molar-refractivity contribution in [1.29, 1.82) is 0 Å². The molecular formula is C19H15NO2. The van der Waals surface area contributed by atoms with Gasteiger partial charge in [0.05, 0.1) is 5.69 Å². The second-order valence-electron chi connectivity index (χ2n) is 4.92. The average Bonchev–Trinajstić information content (AvgIpc) is 2.59. The average molecular weight is 289 g/mol. The third-order valence-corrected chi connectivity index (χ3v) is 3.42. The van der Waals surface area contributed by atoms with Crippen LogP contribution in [0.5, 0.6) is 0 Å². The molecule has 3 nitrogen and oxygen atoms in total. The number of allylic oxidation sites excluding steroid dienone is 1. The Kier molecular flexibility index (Phi) is 3.99. The van der Waals surface area contributed by atoms with E-state index in [2.05, 4.69) is 0 Å². The second kappa shape index (κ2) is 6.24. The third kappa shape index (κ3) is 3.05. The highest BCUT2D eigenvalue weighted by atomic mass is 16.5. The van der Waals surface area contributed by atoms with Crippen molar-refractivity contribution in [1.82, 2.24) is 0 Å². The number of carbonyl (C=O) groups excluding carboxylic acids is 1. The van der Waals surface area contributed by atoms with Crippen LogP contribution in [-0.4, -0.2) is 11.0 Å². The Morgan fingerprint density at radius 3 is 2.32 bits per heavy atom. The third-order valence-electron chi connectivity index (χ3n) is 3.42. The SMILES string of the molecule is O=C(/C=C\N(O)c1ccccc1)c1ccc2ccccc2c1. The Balaban J connectivity index is 1.79. The van der Waals surface area contributed by atoms with Gasteiger partial charge in [-0.15, -0.1) is 0 Å². The van der Waals surface area contributed by atoms with Crippen molar-refractivity contribution in [3.05, 3.63) is 90.6 Å². The van der Waals surface area contributed by atoms with Crippen molar-refractivity contribution in [2.24, 2.45) is 0 Å². The molecule has 0 aromatic heterocycles. The van der Waals surface area contributed by atoms with Gasteiger partial charge in [-0.05, 0) is 29.0 Å². The lowest BCUT2D eigenvalue weighted by molar-refractivity contribution is 0.104. The van der Waals surface area contributed by atoms with Crippen LogP contribution in [0.3, 0.4) is 0 Å². The Labute approximate surface area is 128 Å². The number of anilines is 1. The molecule has 1 N–H and O–H groups in total. The molecule has 0 aliphatic heterocycles. The van der Waals surface area contributed by atoms with E-state index in [1.165, 1.54) is 12.3 Å². The van der Waals surface area contributed by atoms with Gasteiger partial charge in [-0.2, -0.15) is 0 Å². The molecule has 0 unspecified atom stereocenters. The number of para-hydroxylation sites is 1. The lowest BCUT2D eigenvalue weighted by atomic mass is 10.0. The highest BCUT2D eigenvalue weighted by molar-refractivity contribution is 6.06. The van der Waals surface area contributed by atoms with Gasteiger partial charge >= 0.3 is 0 Å². The van der Waals surface area contributed by atoms with Crippen LogP contribution in [0.1, 0.15) is 10.4 Å². The summed E-state index contributed by atoms with van der Waals surface area (Å²) in [7, 11) is 0. The molecule has 0 amide bonds. The van der Waals surface area contributed by atoms with E-state index in [1.54, 1.807) is 18.2 Å². The minimum atomic E-state index is -0.152. The Hall–Kier alpha value is -2.91. The Morgan fingerprint density at radius 1 is 0.864 bits per heavy atom. The lowest BCUT2D eigenvalue weighted by Gasteiger charge is -2.10. The molecule has 22 heavy (non-hydrogen) atoms. The predicted molar refractivity (Wildman–Crippen MR) is 88.1 cm³/mol. The van der Waals surface area contributed by atoms with Gasteiger partial charge in [0, 0.05) is 17.8 Å². The minimum Gasteiger partial charge on any atom is -0.289 e. The molecule has 0 saturated heterocycles. The summed E-state index contributed by atoms with van der Waals surface area (Å²) in [6.07, 6.45) is 2.71. The fourth-order valence-electron chi connectivity index (χ4n) is 2.24. The maximum absolute atomic E-state index is 12.2. The number of rotatable bonds is 4. The summed E-state index contributed by atoms with van der Waals surface area (Å²) in [6.45, 7) is 0. The van der Waals surface area contributed by atoms with Crippen LogP contribution in [0.25, 0.3) is 10.8 Å². The molecule has 108 valence electrons. The number of hydroxylamine groups is 1. The number of hydrogen-bond donors (Lipinski definition) is 1. The fourth-order valence-corrected chi connectivity index (χ4v) is 2.24. The highest BCUT2D eigenvalue weighted by Gasteiger charge is 2.04. The van der Waals surface area contributed by atoms with Crippen LogP contribution in [0, 0.1) is 0 Å². The first-order chi connectivity index (χ1) is 10.7. The summed E-state index contributed by atoms with van der Waals surface area (Å²) in [5.74, 6) is -0.152. The van der Waals surface area contributed by atoms with Crippen LogP contribution >= 0.6 is 0 Å². The number of fused-ring (bicyclic) bond motifs is 1. The first-order valence-corrected chi connectivity index (χ1v) is 6.98. The van der Waals surface area contributed by atoms with E-state index in [-0.39, 0.29) is 5.78 Å². The van der Waals surface area contributed by atoms with Gasteiger partial charge in [-0.25, -0.2) is 5.06 Å². The summed E-state index contributed by atoms with van der Waals surface area (Å²) in [5, 5.41) is 12.9. The van der Waals surface area contributed by atoms with E-state index in [9.17, 15) is 10.0 Å². The number of ketones is 1. The highest BCUT2D eigenvalue weighted by Crippen LogP contribution is 2.17. The first-order valence-electron chi connectivity index (χ1n) is 6.98. The second-order valence-corrected chi connectivity index (χ2v) is 4.92. The van der Waals surface area contributed by atoms with Crippen LogP contribution in [0.4, 0.5) is 5.69 Å². The molecule has 0 spiro atoms. The Bertz CT molecular complexity index is 825. The molecule has 0 heterocycles. The Morgan fingerprint density at radius 2 is 1.55 bits per heavy atom. The summed E-state index contributed by atoms with van der Waals surface area (Å²) >= 11 is 0. The molecule has 0 saturated carbocycles. The zero-order valence-electron chi connectivity index (χ0n) is 11.9. The quantitative estimate of drug-likeness (QED) is 0.439. The van der Waals surface area contributed by atoms with Crippen LogP contribution in [0.2, 0.25) is 0 Å². The zero-order valence-corrected chi connectivity index (χ0v) is 11.9. The molecule has 3 rings (SSSR count). The van der Waals surface area contributed by atoms with Gasteiger partial charge in [-0.1, -0.05) is 54.6 Å². The first kappa shape index (κ1) is 14.0. The number of carbonyl (C=O) groups is 1. The molecule has 0 bridgehead atoms. The minimum absolute atomic E-state index is 0.152. The summed E-state index contributed by atoms with van der Waals surface area (Å²) in [6, 6.07) is 22.5. The van der Waals surface area contributed by atoms with Gasteiger partial charge in [0.15, 0.2) is 5.78 Å². The largest absolute Gasteiger partial charge is 0.289 e.